The molecule has 0 radical (unpaired) electrons. The van der Waals surface area contributed by atoms with E-state index in [0.29, 0.717) is 29.2 Å². The van der Waals surface area contributed by atoms with Crippen LogP contribution < -0.4 is 0 Å². The standard InChI is InChI=1S/C22H23N3O2/c1-6-8-10-14(7-2)13-25-18-17(24-21(25)22(3,4)5)16-15(11-9-12-23-16)19(26)20(18)27/h6-12H,1,13H2,2-5H3/b10-8-,14-7+. The molecule has 0 saturated heterocycles. The molecule has 0 atom stereocenters. The third kappa shape index (κ3) is 3.21. The van der Waals surface area contributed by atoms with Crippen molar-refractivity contribution < 1.29 is 9.59 Å². The number of pyridine rings is 1. The van der Waals surface area contributed by atoms with E-state index in [1.54, 1.807) is 24.4 Å². The van der Waals surface area contributed by atoms with E-state index in [1.165, 1.54) is 0 Å². The number of hydrogen-bond acceptors (Lipinski definition) is 4. The van der Waals surface area contributed by atoms with E-state index in [4.69, 9.17) is 4.98 Å². The molecule has 0 unspecified atom stereocenters. The molecule has 27 heavy (non-hydrogen) atoms. The van der Waals surface area contributed by atoms with Crippen molar-refractivity contribution >= 4 is 11.6 Å². The number of imidazole rings is 1. The average Bonchev–Trinajstić information content (AvgIpc) is 3.03. The lowest BCUT2D eigenvalue weighted by atomic mass is 9.94. The van der Waals surface area contributed by atoms with Gasteiger partial charge in [0.05, 0.1) is 5.56 Å². The molecule has 0 spiro atoms. The number of carbonyl (C=O) groups is 2. The summed E-state index contributed by atoms with van der Waals surface area (Å²) in [5, 5.41) is 0. The maximum Gasteiger partial charge on any atom is 0.252 e. The molecule has 0 saturated carbocycles. The predicted octanol–water partition coefficient (Wildman–Crippen LogP) is 4.31. The SMILES string of the molecule is C=C/C=C\C(=C/C)Cn1c(C(C)(C)C)nc2c1C(=O)C(=O)c1cccnc1-2. The smallest absolute Gasteiger partial charge is 0.252 e. The summed E-state index contributed by atoms with van der Waals surface area (Å²) in [6, 6.07) is 3.29. The van der Waals surface area contributed by atoms with E-state index < -0.39 is 11.6 Å². The van der Waals surface area contributed by atoms with Crippen LogP contribution in [0.25, 0.3) is 11.4 Å². The van der Waals surface area contributed by atoms with Gasteiger partial charge in [0.15, 0.2) is 0 Å². The maximum atomic E-state index is 12.9. The summed E-state index contributed by atoms with van der Waals surface area (Å²) in [5.74, 6) is -0.314. The van der Waals surface area contributed by atoms with E-state index in [9.17, 15) is 9.59 Å². The Morgan fingerprint density at radius 1 is 1.22 bits per heavy atom. The van der Waals surface area contributed by atoms with Crippen LogP contribution in [0.15, 0.2) is 54.8 Å². The van der Waals surface area contributed by atoms with Crippen molar-refractivity contribution in [1.29, 1.82) is 0 Å². The van der Waals surface area contributed by atoms with Crippen LogP contribution in [0.3, 0.4) is 0 Å². The van der Waals surface area contributed by atoms with Gasteiger partial charge in [-0.05, 0) is 24.6 Å². The van der Waals surface area contributed by atoms with E-state index in [1.807, 2.05) is 50.5 Å². The van der Waals surface area contributed by atoms with Crippen molar-refractivity contribution in [2.45, 2.75) is 39.7 Å². The number of hydrogen-bond donors (Lipinski definition) is 0. The Balaban J connectivity index is 2.27. The van der Waals surface area contributed by atoms with Crippen LogP contribution in [-0.4, -0.2) is 26.1 Å². The van der Waals surface area contributed by atoms with Gasteiger partial charge in [-0.25, -0.2) is 4.98 Å². The summed E-state index contributed by atoms with van der Waals surface area (Å²) in [6.45, 7) is 12.2. The molecule has 1 aliphatic rings. The van der Waals surface area contributed by atoms with E-state index >= 15 is 0 Å². The normalized spacial score (nSPS) is 14.4. The second-order valence-electron chi connectivity index (χ2n) is 7.48. The minimum absolute atomic E-state index is 0.309. The number of allylic oxidation sites excluding steroid dienone is 5. The molecule has 1 aliphatic carbocycles. The fourth-order valence-electron chi connectivity index (χ4n) is 3.20. The summed E-state index contributed by atoms with van der Waals surface area (Å²) >= 11 is 0. The Hall–Kier alpha value is -3.08. The molecule has 2 aromatic rings. The van der Waals surface area contributed by atoms with Crippen LogP contribution >= 0.6 is 0 Å². The molecule has 5 heteroatoms. The van der Waals surface area contributed by atoms with Crippen LogP contribution in [-0.2, 0) is 12.0 Å². The number of ketones is 2. The van der Waals surface area contributed by atoms with Crippen LogP contribution in [0.1, 0.15) is 54.4 Å². The summed E-state index contributed by atoms with van der Waals surface area (Å²) in [4.78, 5) is 34.7. The highest BCUT2D eigenvalue weighted by atomic mass is 16.2. The summed E-state index contributed by atoms with van der Waals surface area (Å²) < 4.78 is 1.86. The zero-order chi connectivity index (χ0) is 19.8. The van der Waals surface area contributed by atoms with E-state index in [0.717, 1.165) is 11.4 Å². The van der Waals surface area contributed by atoms with Gasteiger partial charge in [-0.3, -0.25) is 14.6 Å². The van der Waals surface area contributed by atoms with Crippen molar-refractivity contribution in [1.82, 2.24) is 14.5 Å². The molecule has 0 bridgehead atoms. The number of nitrogens with zero attached hydrogens (tertiary/aromatic N) is 3. The maximum absolute atomic E-state index is 12.9. The minimum atomic E-state index is -0.532. The zero-order valence-electron chi connectivity index (χ0n) is 16.1. The lowest BCUT2D eigenvalue weighted by Crippen LogP contribution is -2.27. The van der Waals surface area contributed by atoms with E-state index in [2.05, 4.69) is 11.6 Å². The Labute approximate surface area is 159 Å². The predicted molar refractivity (Wildman–Crippen MR) is 106 cm³/mol. The van der Waals surface area contributed by atoms with E-state index in [-0.39, 0.29) is 5.41 Å². The molecule has 0 amide bonds. The molecule has 2 aromatic heterocycles. The van der Waals surface area contributed by atoms with Gasteiger partial charge in [-0.1, -0.05) is 51.7 Å². The first-order chi connectivity index (χ1) is 12.8. The number of aromatic nitrogens is 3. The molecule has 2 heterocycles. The van der Waals surface area contributed by atoms with Crippen LogP contribution in [0, 0.1) is 0 Å². The highest BCUT2D eigenvalue weighted by Crippen LogP contribution is 2.35. The number of fused-ring (bicyclic) bond motifs is 3. The Morgan fingerprint density at radius 2 is 1.96 bits per heavy atom. The van der Waals surface area contributed by atoms with Gasteiger partial charge in [-0.15, -0.1) is 0 Å². The van der Waals surface area contributed by atoms with Crippen molar-refractivity contribution in [3.05, 3.63) is 71.9 Å². The Morgan fingerprint density at radius 3 is 2.59 bits per heavy atom. The van der Waals surface area contributed by atoms with Gasteiger partial charge >= 0.3 is 0 Å². The van der Waals surface area contributed by atoms with Crippen molar-refractivity contribution in [2.24, 2.45) is 0 Å². The lowest BCUT2D eigenvalue weighted by molar-refractivity contribution is 0.0809. The minimum Gasteiger partial charge on any atom is -0.320 e. The Kier molecular flexibility index (Phi) is 4.79. The Bertz CT molecular complexity index is 1000. The summed E-state index contributed by atoms with van der Waals surface area (Å²) in [7, 11) is 0. The van der Waals surface area contributed by atoms with Gasteiger partial charge in [0.2, 0.25) is 5.78 Å². The number of Topliss-reactive ketones (excluding diaryl/α,β-unsaturated/α-hetero) is 2. The molecule has 3 rings (SSSR count). The van der Waals surface area contributed by atoms with Gasteiger partial charge < -0.3 is 4.57 Å². The van der Waals surface area contributed by atoms with Gasteiger partial charge in [0.1, 0.15) is 22.9 Å². The number of carbonyl (C=O) groups excluding carboxylic acids is 2. The zero-order valence-corrected chi connectivity index (χ0v) is 16.1. The lowest BCUT2D eigenvalue weighted by Gasteiger charge is -2.21. The van der Waals surface area contributed by atoms with Crippen LogP contribution in [0.2, 0.25) is 0 Å². The third-order valence-electron chi connectivity index (χ3n) is 4.49. The molecule has 138 valence electrons. The first-order valence-corrected chi connectivity index (χ1v) is 8.89. The fraction of sp³-hybridized carbons (Fsp3) is 0.273. The van der Waals surface area contributed by atoms with Crippen molar-refractivity contribution in [3.8, 4) is 11.4 Å². The molecule has 0 aromatic carbocycles. The van der Waals surface area contributed by atoms with Gasteiger partial charge in [0.25, 0.3) is 5.78 Å². The highest BCUT2D eigenvalue weighted by molar-refractivity contribution is 6.52. The van der Waals surface area contributed by atoms with Crippen LogP contribution in [0.4, 0.5) is 0 Å². The topological polar surface area (TPSA) is 64.8 Å². The summed E-state index contributed by atoms with van der Waals surface area (Å²) in [5.41, 5.74) is 2.29. The molecular weight excluding hydrogens is 338 g/mol. The molecular formula is C22H23N3O2. The van der Waals surface area contributed by atoms with Crippen molar-refractivity contribution in [2.75, 3.05) is 0 Å². The fourth-order valence-corrected chi connectivity index (χ4v) is 3.20. The molecule has 0 N–H and O–H groups in total. The second-order valence-corrected chi connectivity index (χ2v) is 7.48. The number of rotatable bonds is 4. The van der Waals surface area contributed by atoms with Crippen molar-refractivity contribution in [3.63, 3.8) is 0 Å². The van der Waals surface area contributed by atoms with Crippen LogP contribution in [0.5, 0.6) is 0 Å². The molecule has 0 fully saturated rings. The van der Waals surface area contributed by atoms with Gasteiger partial charge in [-0.2, -0.15) is 0 Å². The largest absolute Gasteiger partial charge is 0.320 e. The first kappa shape index (κ1) is 18.7. The monoisotopic (exact) mass is 361 g/mol. The summed E-state index contributed by atoms with van der Waals surface area (Å²) in [6.07, 6.45) is 9.07. The van der Waals surface area contributed by atoms with Gasteiger partial charge in [0, 0.05) is 18.2 Å². The molecule has 0 aliphatic heterocycles. The highest BCUT2D eigenvalue weighted by Gasteiger charge is 2.38. The first-order valence-electron chi connectivity index (χ1n) is 8.89. The average molecular weight is 361 g/mol. The quantitative estimate of drug-likeness (QED) is 0.601. The second kappa shape index (κ2) is 6.91. The molecule has 5 nitrogen and oxygen atoms in total. The third-order valence-corrected chi connectivity index (χ3v) is 4.49.